The van der Waals surface area contributed by atoms with Gasteiger partial charge in [-0.3, -0.25) is 0 Å². The van der Waals surface area contributed by atoms with Crippen molar-refractivity contribution in [1.82, 2.24) is 9.88 Å². The van der Waals surface area contributed by atoms with Gasteiger partial charge in [-0.15, -0.1) is 0 Å². The van der Waals surface area contributed by atoms with E-state index in [4.69, 9.17) is 4.42 Å². The largest absolute Gasteiger partial charge is 0.448 e. The molecular weight excluding hydrogens is 216 g/mol. The maximum atomic E-state index is 9.86. The molecule has 0 saturated carbocycles. The maximum absolute atomic E-state index is 9.86. The van der Waals surface area contributed by atoms with Crippen molar-refractivity contribution in [1.29, 1.82) is 0 Å². The van der Waals surface area contributed by atoms with Crippen LogP contribution in [0.15, 0.2) is 10.7 Å². The van der Waals surface area contributed by atoms with E-state index in [0.29, 0.717) is 17.7 Å². The summed E-state index contributed by atoms with van der Waals surface area (Å²) >= 11 is 0. The molecule has 0 aromatic carbocycles. The third-order valence-electron chi connectivity index (χ3n) is 3.69. The highest BCUT2D eigenvalue weighted by Crippen LogP contribution is 2.30. The van der Waals surface area contributed by atoms with Crippen LogP contribution in [0.25, 0.3) is 0 Å². The summed E-state index contributed by atoms with van der Waals surface area (Å²) in [4.78, 5) is 6.76. The Labute approximate surface area is 103 Å². The fourth-order valence-electron chi connectivity index (χ4n) is 2.24. The lowest BCUT2D eigenvalue weighted by Crippen LogP contribution is -2.37. The zero-order valence-electron chi connectivity index (χ0n) is 11.1. The molecule has 1 unspecified atom stereocenters. The first-order chi connectivity index (χ1) is 7.88. The van der Waals surface area contributed by atoms with Gasteiger partial charge in [-0.25, -0.2) is 4.98 Å². The second kappa shape index (κ2) is 4.42. The number of aromatic nitrogens is 1. The Kier molecular flexibility index (Phi) is 3.27. The Morgan fingerprint density at radius 1 is 1.47 bits per heavy atom. The van der Waals surface area contributed by atoms with Gasteiger partial charge in [-0.05, 0) is 40.7 Å². The van der Waals surface area contributed by atoms with Gasteiger partial charge in [0.2, 0.25) is 0 Å². The summed E-state index contributed by atoms with van der Waals surface area (Å²) in [5.74, 6) is 1.12. The molecule has 2 rings (SSSR count). The van der Waals surface area contributed by atoms with E-state index >= 15 is 0 Å². The number of likely N-dealkylation sites (N-methyl/N-ethyl adjacent to an activating group) is 1. The minimum absolute atomic E-state index is 0.354. The SMILES string of the molecule is C[C@@H]1CCC(c2nc(C(C)(C)O)co2)CN1C. The van der Waals surface area contributed by atoms with Gasteiger partial charge in [0, 0.05) is 18.5 Å². The lowest BCUT2D eigenvalue weighted by molar-refractivity contribution is 0.0736. The minimum Gasteiger partial charge on any atom is -0.448 e. The quantitative estimate of drug-likeness (QED) is 0.857. The minimum atomic E-state index is -0.921. The van der Waals surface area contributed by atoms with Crippen LogP contribution < -0.4 is 0 Å². The van der Waals surface area contributed by atoms with Crippen LogP contribution in [0, 0.1) is 0 Å². The maximum Gasteiger partial charge on any atom is 0.198 e. The molecule has 0 bridgehead atoms. The third kappa shape index (κ3) is 2.69. The monoisotopic (exact) mass is 238 g/mol. The Bertz CT molecular complexity index is 381. The van der Waals surface area contributed by atoms with Crippen LogP contribution in [0.4, 0.5) is 0 Å². The van der Waals surface area contributed by atoms with Gasteiger partial charge in [-0.1, -0.05) is 0 Å². The lowest BCUT2D eigenvalue weighted by Gasteiger charge is -2.33. The van der Waals surface area contributed by atoms with Gasteiger partial charge in [0.25, 0.3) is 0 Å². The Balaban J connectivity index is 2.11. The summed E-state index contributed by atoms with van der Waals surface area (Å²) in [5.41, 5.74) is -0.302. The average Bonchev–Trinajstić information content (AvgIpc) is 2.70. The van der Waals surface area contributed by atoms with Crippen molar-refractivity contribution in [2.24, 2.45) is 0 Å². The molecule has 96 valence electrons. The van der Waals surface area contributed by atoms with E-state index in [-0.39, 0.29) is 0 Å². The van der Waals surface area contributed by atoms with Crippen molar-refractivity contribution in [3.05, 3.63) is 17.8 Å². The molecule has 0 radical (unpaired) electrons. The Morgan fingerprint density at radius 2 is 2.18 bits per heavy atom. The highest BCUT2D eigenvalue weighted by atomic mass is 16.3. The molecule has 1 aliphatic rings. The number of likely N-dealkylation sites (tertiary alicyclic amines) is 1. The van der Waals surface area contributed by atoms with Gasteiger partial charge in [0.1, 0.15) is 17.6 Å². The van der Waals surface area contributed by atoms with Crippen molar-refractivity contribution in [2.45, 2.75) is 51.2 Å². The van der Waals surface area contributed by atoms with E-state index in [1.807, 2.05) is 0 Å². The molecule has 2 heterocycles. The topological polar surface area (TPSA) is 49.5 Å². The second-order valence-corrected chi connectivity index (χ2v) is 5.69. The molecule has 1 aliphatic heterocycles. The van der Waals surface area contributed by atoms with E-state index in [2.05, 4.69) is 23.9 Å². The van der Waals surface area contributed by atoms with Crippen molar-refractivity contribution in [3.63, 3.8) is 0 Å². The highest BCUT2D eigenvalue weighted by molar-refractivity contribution is 5.08. The van der Waals surface area contributed by atoms with E-state index < -0.39 is 5.60 Å². The van der Waals surface area contributed by atoms with Crippen molar-refractivity contribution in [2.75, 3.05) is 13.6 Å². The van der Waals surface area contributed by atoms with E-state index in [1.165, 1.54) is 6.42 Å². The van der Waals surface area contributed by atoms with Crippen LogP contribution in [-0.2, 0) is 5.60 Å². The average molecular weight is 238 g/mol. The highest BCUT2D eigenvalue weighted by Gasteiger charge is 2.29. The Morgan fingerprint density at radius 3 is 2.71 bits per heavy atom. The molecule has 17 heavy (non-hydrogen) atoms. The van der Waals surface area contributed by atoms with E-state index in [0.717, 1.165) is 18.9 Å². The fraction of sp³-hybridized carbons (Fsp3) is 0.769. The number of oxazole rings is 1. The summed E-state index contributed by atoms with van der Waals surface area (Å²) in [6.45, 7) is 6.68. The number of hydrogen-bond donors (Lipinski definition) is 1. The normalized spacial score (nSPS) is 27.4. The third-order valence-corrected chi connectivity index (χ3v) is 3.69. The fourth-order valence-corrected chi connectivity index (χ4v) is 2.24. The lowest BCUT2D eigenvalue weighted by atomic mass is 9.94. The molecule has 2 atom stereocenters. The van der Waals surface area contributed by atoms with Crippen LogP contribution in [-0.4, -0.2) is 34.6 Å². The number of nitrogens with zero attached hydrogens (tertiary/aromatic N) is 2. The molecule has 1 aromatic rings. The Hall–Kier alpha value is -0.870. The number of aliphatic hydroxyl groups is 1. The molecule has 0 amide bonds. The van der Waals surface area contributed by atoms with Gasteiger partial charge < -0.3 is 14.4 Å². The molecule has 4 heteroatoms. The summed E-state index contributed by atoms with van der Waals surface area (Å²) < 4.78 is 5.52. The second-order valence-electron chi connectivity index (χ2n) is 5.69. The summed E-state index contributed by atoms with van der Waals surface area (Å²) in [6, 6.07) is 0.634. The van der Waals surface area contributed by atoms with Crippen molar-refractivity contribution in [3.8, 4) is 0 Å². The van der Waals surface area contributed by atoms with E-state index in [1.54, 1.807) is 20.1 Å². The summed E-state index contributed by atoms with van der Waals surface area (Å²) in [7, 11) is 2.14. The number of rotatable bonds is 2. The van der Waals surface area contributed by atoms with Crippen LogP contribution in [0.1, 0.15) is 51.1 Å². The molecule has 1 N–H and O–H groups in total. The first kappa shape index (κ1) is 12.6. The molecule has 0 aliphatic carbocycles. The predicted octanol–water partition coefficient (Wildman–Crippen LogP) is 2.10. The zero-order chi connectivity index (χ0) is 12.6. The standard InChI is InChI=1S/C13H22N2O2/c1-9-5-6-10(7-15(9)4)12-14-11(8-17-12)13(2,3)16/h8-10,16H,5-7H2,1-4H3/t9-,10?/m1/s1. The first-order valence-electron chi connectivity index (χ1n) is 6.26. The van der Waals surface area contributed by atoms with Crippen molar-refractivity contribution < 1.29 is 9.52 Å². The molecular formula is C13H22N2O2. The molecule has 1 aromatic heterocycles. The van der Waals surface area contributed by atoms with Gasteiger partial charge >= 0.3 is 0 Å². The van der Waals surface area contributed by atoms with Crippen LogP contribution in [0.5, 0.6) is 0 Å². The summed E-state index contributed by atoms with van der Waals surface area (Å²) in [5, 5.41) is 9.86. The number of piperidine rings is 1. The van der Waals surface area contributed by atoms with Crippen LogP contribution in [0.3, 0.4) is 0 Å². The van der Waals surface area contributed by atoms with Gasteiger partial charge in [0.05, 0.1) is 0 Å². The molecule has 1 fully saturated rings. The zero-order valence-corrected chi connectivity index (χ0v) is 11.1. The van der Waals surface area contributed by atoms with Gasteiger partial charge in [-0.2, -0.15) is 0 Å². The molecule has 0 spiro atoms. The smallest absolute Gasteiger partial charge is 0.198 e. The predicted molar refractivity (Wildman–Crippen MR) is 65.8 cm³/mol. The summed E-state index contributed by atoms with van der Waals surface area (Å²) in [6.07, 6.45) is 3.85. The number of hydrogen-bond acceptors (Lipinski definition) is 4. The van der Waals surface area contributed by atoms with E-state index in [9.17, 15) is 5.11 Å². The molecule has 4 nitrogen and oxygen atoms in total. The van der Waals surface area contributed by atoms with Crippen molar-refractivity contribution >= 4 is 0 Å². The van der Waals surface area contributed by atoms with Gasteiger partial charge in [0.15, 0.2) is 5.89 Å². The van der Waals surface area contributed by atoms with Crippen LogP contribution in [0.2, 0.25) is 0 Å². The van der Waals surface area contributed by atoms with Crippen LogP contribution >= 0.6 is 0 Å². The molecule has 1 saturated heterocycles. The first-order valence-corrected chi connectivity index (χ1v) is 6.26.